The predicted molar refractivity (Wildman–Crippen MR) is 58.5 cm³/mol. The summed E-state index contributed by atoms with van der Waals surface area (Å²) < 4.78 is 0. The molecule has 1 saturated heterocycles. The van der Waals surface area contributed by atoms with Crippen LogP contribution in [0, 0.1) is 5.92 Å². The van der Waals surface area contributed by atoms with E-state index in [1.807, 2.05) is 0 Å². The molecule has 2 fully saturated rings. The van der Waals surface area contributed by atoms with Gasteiger partial charge in [-0.2, -0.15) is 11.8 Å². The van der Waals surface area contributed by atoms with Crippen LogP contribution in [0.5, 0.6) is 0 Å². The average molecular weight is 200 g/mol. The molecule has 2 nitrogen and oxygen atoms in total. The zero-order chi connectivity index (χ0) is 9.10. The first-order valence-electron chi connectivity index (χ1n) is 5.48. The van der Waals surface area contributed by atoms with E-state index in [2.05, 4.69) is 17.2 Å². The van der Waals surface area contributed by atoms with E-state index >= 15 is 0 Å². The second-order valence-electron chi connectivity index (χ2n) is 4.36. The number of nitrogens with two attached hydrogens (primary N) is 1. The molecule has 1 saturated carbocycles. The van der Waals surface area contributed by atoms with E-state index < -0.39 is 0 Å². The zero-order valence-corrected chi connectivity index (χ0v) is 8.98. The molecule has 0 spiro atoms. The summed E-state index contributed by atoms with van der Waals surface area (Å²) in [6, 6.07) is 0.581. The number of nitrogens with one attached hydrogen (secondary N) is 1. The smallest absolute Gasteiger partial charge is 0.0332 e. The third-order valence-electron chi connectivity index (χ3n) is 3.16. The number of hydrazine groups is 1. The van der Waals surface area contributed by atoms with Crippen molar-refractivity contribution < 1.29 is 0 Å². The van der Waals surface area contributed by atoms with Gasteiger partial charge in [0.25, 0.3) is 0 Å². The van der Waals surface area contributed by atoms with E-state index in [0.717, 1.165) is 11.2 Å². The summed E-state index contributed by atoms with van der Waals surface area (Å²) >= 11 is 2.12. The van der Waals surface area contributed by atoms with Gasteiger partial charge < -0.3 is 0 Å². The molecule has 0 bridgehead atoms. The van der Waals surface area contributed by atoms with Gasteiger partial charge in [0.15, 0.2) is 0 Å². The quantitative estimate of drug-likeness (QED) is 0.538. The summed E-state index contributed by atoms with van der Waals surface area (Å²) in [7, 11) is 0. The van der Waals surface area contributed by atoms with Crippen molar-refractivity contribution in [3.63, 3.8) is 0 Å². The van der Waals surface area contributed by atoms with Gasteiger partial charge in [-0.05, 0) is 30.9 Å². The monoisotopic (exact) mass is 200 g/mol. The van der Waals surface area contributed by atoms with Crippen molar-refractivity contribution >= 4 is 11.8 Å². The van der Waals surface area contributed by atoms with Crippen LogP contribution < -0.4 is 11.3 Å². The Balaban J connectivity index is 1.78. The van der Waals surface area contributed by atoms with Crippen molar-refractivity contribution in [3.8, 4) is 0 Å². The molecule has 0 aromatic heterocycles. The van der Waals surface area contributed by atoms with Crippen LogP contribution >= 0.6 is 11.8 Å². The molecular weight excluding hydrogens is 180 g/mol. The molecule has 1 aliphatic heterocycles. The summed E-state index contributed by atoms with van der Waals surface area (Å²) in [5.41, 5.74) is 3.02. The van der Waals surface area contributed by atoms with Crippen molar-refractivity contribution in [3.05, 3.63) is 0 Å². The van der Waals surface area contributed by atoms with Gasteiger partial charge in [0.2, 0.25) is 0 Å². The van der Waals surface area contributed by atoms with Gasteiger partial charge >= 0.3 is 0 Å². The second kappa shape index (κ2) is 4.67. The van der Waals surface area contributed by atoms with Gasteiger partial charge in [-0.15, -0.1) is 0 Å². The lowest BCUT2D eigenvalue weighted by molar-refractivity contribution is 0.430. The fraction of sp³-hybridized carbons (Fsp3) is 1.00. The molecule has 1 heterocycles. The topological polar surface area (TPSA) is 38.0 Å². The largest absolute Gasteiger partial charge is 0.271 e. The maximum absolute atomic E-state index is 5.62. The average Bonchev–Trinajstić information content (AvgIpc) is 2.99. The Morgan fingerprint density at radius 2 is 2.15 bits per heavy atom. The van der Waals surface area contributed by atoms with Gasteiger partial charge in [0.05, 0.1) is 0 Å². The Morgan fingerprint density at radius 1 is 1.31 bits per heavy atom. The highest BCUT2D eigenvalue weighted by molar-refractivity contribution is 8.00. The molecule has 2 unspecified atom stereocenters. The minimum Gasteiger partial charge on any atom is -0.271 e. The minimum atomic E-state index is 0.581. The van der Waals surface area contributed by atoms with Crippen molar-refractivity contribution in [2.75, 3.05) is 5.75 Å². The molecule has 2 atom stereocenters. The summed E-state index contributed by atoms with van der Waals surface area (Å²) in [5.74, 6) is 7.95. The fourth-order valence-electron chi connectivity index (χ4n) is 2.12. The molecule has 0 radical (unpaired) electrons. The number of thioether (sulfide) groups is 1. The number of hydrogen-bond acceptors (Lipinski definition) is 3. The molecule has 13 heavy (non-hydrogen) atoms. The van der Waals surface area contributed by atoms with Crippen LogP contribution in [0.4, 0.5) is 0 Å². The predicted octanol–water partition coefficient (Wildman–Crippen LogP) is 1.90. The SMILES string of the molecule is NNC(CC1CC1)C1CCCCS1. The fourth-order valence-corrected chi connectivity index (χ4v) is 3.55. The molecule has 3 N–H and O–H groups in total. The van der Waals surface area contributed by atoms with Crippen LogP contribution in [0.15, 0.2) is 0 Å². The Hall–Kier alpha value is 0.270. The van der Waals surface area contributed by atoms with Gasteiger partial charge in [-0.3, -0.25) is 11.3 Å². The summed E-state index contributed by atoms with van der Waals surface area (Å²) in [4.78, 5) is 0. The van der Waals surface area contributed by atoms with Crippen LogP contribution in [0.1, 0.15) is 38.5 Å². The van der Waals surface area contributed by atoms with E-state index in [9.17, 15) is 0 Å². The summed E-state index contributed by atoms with van der Waals surface area (Å²) in [6.07, 6.45) is 8.37. The molecule has 3 heteroatoms. The number of hydrogen-bond donors (Lipinski definition) is 2. The molecule has 0 aromatic rings. The van der Waals surface area contributed by atoms with E-state index in [1.165, 1.54) is 44.3 Å². The Kier molecular flexibility index (Phi) is 3.52. The third-order valence-corrected chi connectivity index (χ3v) is 4.68. The first-order chi connectivity index (χ1) is 6.40. The van der Waals surface area contributed by atoms with Crippen molar-refractivity contribution in [1.29, 1.82) is 0 Å². The van der Waals surface area contributed by atoms with Crippen LogP contribution in [-0.2, 0) is 0 Å². The molecule has 0 aromatic carbocycles. The highest BCUT2D eigenvalue weighted by Gasteiger charge is 2.30. The van der Waals surface area contributed by atoms with Gasteiger partial charge in [-0.25, -0.2) is 0 Å². The Bertz CT molecular complexity index is 153. The molecule has 76 valence electrons. The summed E-state index contributed by atoms with van der Waals surface area (Å²) in [6.45, 7) is 0. The Labute approximate surface area is 85.0 Å². The third kappa shape index (κ3) is 2.86. The first kappa shape index (κ1) is 9.81. The normalized spacial score (nSPS) is 31.6. The minimum absolute atomic E-state index is 0.581. The lowest BCUT2D eigenvalue weighted by atomic mass is 10.0. The second-order valence-corrected chi connectivity index (χ2v) is 5.70. The van der Waals surface area contributed by atoms with Crippen molar-refractivity contribution in [2.24, 2.45) is 11.8 Å². The van der Waals surface area contributed by atoms with E-state index in [-0.39, 0.29) is 0 Å². The maximum Gasteiger partial charge on any atom is 0.0332 e. The van der Waals surface area contributed by atoms with Gasteiger partial charge in [0, 0.05) is 11.3 Å². The van der Waals surface area contributed by atoms with Crippen LogP contribution in [-0.4, -0.2) is 17.0 Å². The maximum atomic E-state index is 5.62. The van der Waals surface area contributed by atoms with Gasteiger partial charge in [0.1, 0.15) is 0 Å². The van der Waals surface area contributed by atoms with Crippen LogP contribution in [0.25, 0.3) is 0 Å². The number of rotatable bonds is 4. The van der Waals surface area contributed by atoms with Crippen LogP contribution in [0.2, 0.25) is 0 Å². The first-order valence-corrected chi connectivity index (χ1v) is 6.53. The van der Waals surface area contributed by atoms with Gasteiger partial charge in [-0.1, -0.05) is 19.3 Å². The highest BCUT2D eigenvalue weighted by Crippen LogP contribution is 2.37. The molecule has 2 rings (SSSR count). The highest BCUT2D eigenvalue weighted by atomic mass is 32.2. The lowest BCUT2D eigenvalue weighted by Crippen LogP contribution is -2.43. The molecule has 2 aliphatic rings. The van der Waals surface area contributed by atoms with E-state index in [1.54, 1.807) is 0 Å². The summed E-state index contributed by atoms with van der Waals surface area (Å²) in [5, 5.41) is 0.791. The van der Waals surface area contributed by atoms with Crippen molar-refractivity contribution in [2.45, 2.75) is 49.8 Å². The standard InChI is InChI=1S/C10H20N2S/c11-12-9(7-8-4-5-8)10-3-1-2-6-13-10/h8-10,12H,1-7,11H2. The molecular formula is C10H20N2S. The van der Waals surface area contributed by atoms with Crippen molar-refractivity contribution in [1.82, 2.24) is 5.43 Å². The zero-order valence-electron chi connectivity index (χ0n) is 8.17. The van der Waals surface area contributed by atoms with E-state index in [0.29, 0.717) is 6.04 Å². The molecule has 0 amide bonds. The lowest BCUT2D eigenvalue weighted by Gasteiger charge is -2.29. The molecule has 1 aliphatic carbocycles. The van der Waals surface area contributed by atoms with Crippen LogP contribution in [0.3, 0.4) is 0 Å². The van der Waals surface area contributed by atoms with E-state index in [4.69, 9.17) is 5.84 Å². The Morgan fingerprint density at radius 3 is 2.69 bits per heavy atom.